The maximum absolute atomic E-state index is 15.2. The molecule has 7 heterocycles. The quantitative estimate of drug-likeness (QED) is 0.398. The molecule has 5 aliphatic rings. The average molecular weight is 563 g/mol. The lowest BCUT2D eigenvalue weighted by molar-refractivity contribution is -0.165. The van der Waals surface area contributed by atoms with Crippen molar-refractivity contribution in [1.29, 1.82) is 0 Å². The fraction of sp³-hybridized carbons (Fsp3) is 0.533. The lowest BCUT2D eigenvalue weighted by Gasteiger charge is -2.53. The summed E-state index contributed by atoms with van der Waals surface area (Å²) in [7, 11) is 0. The number of fused-ring (bicyclic) bond motifs is 5. The summed E-state index contributed by atoms with van der Waals surface area (Å²) in [5, 5.41) is 16.3. The van der Waals surface area contributed by atoms with Crippen LogP contribution in [0.4, 0.5) is 16.0 Å². The van der Waals surface area contributed by atoms with Gasteiger partial charge in [-0.3, -0.25) is 9.78 Å². The van der Waals surface area contributed by atoms with E-state index in [2.05, 4.69) is 25.5 Å². The zero-order chi connectivity index (χ0) is 28.0. The van der Waals surface area contributed by atoms with E-state index in [1.807, 2.05) is 24.3 Å². The molecule has 3 N–H and O–H groups in total. The van der Waals surface area contributed by atoms with Crippen LogP contribution in [0.15, 0.2) is 30.5 Å². The van der Waals surface area contributed by atoms with Crippen LogP contribution >= 0.6 is 0 Å². The van der Waals surface area contributed by atoms with E-state index in [9.17, 15) is 9.90 Å². The zero-order valence-corrected chi connectivity index (χ0v) is 23.0. The Morgan fingerprint density at radius 1 is 1.12 bits per heavy atom. The highest BCUT2D eigenvalue weighted by Gasteiger charge is 2.49. The van der Waals surface area contributed by atoms with Gasteiger partial charge in [0.15, 0.2) is 18.2 Å². The first-order valence-electron chi connectivity index (χ1n) is 14.6. The van der Waals surface area contributed by atoms with E-state index >= 15 is 4.39 Å². The number of hydrogen-bond donors (Lipinski definition) is 3. The van der Waals surface area contributed by atoms with Crippen molar-refractivity contribution in [2.24, 2.45) is 0 Å². The van der Waals surface area contributed by atoms with Crippen LogP contribution in [-0.4, -0.2) is 69.5 Å². The number of aryl methyl sites for hydroxylation is 1. The summed E-state index contributed by atoms with van der Waals surface area (Å²) in [5.41, 5.74) is 2.36. The second-order valence-corrected chi connectivity index (χ2v) is 11.9. The number of carbonyl (C=O) groups is 1. The van der Waals surface area contributed by atoms with Gasteiger partial charge in [-0.1, -0.05) is 0 Å². The molecule has 3 aromatic heterocycles. The monoisotopic (exact) mass is 562 g/mol. The number of nitrogens with zero attached hydrogens (tertiary/aromatic N) is 4. The molecule has 11 heteroatoms. The normalized spacial score (nSPS) is 26.1. The Bertz CT molecular complexity index is 1450. The third-order valence-electron chi connectivity index (χ3n) is 9.32. The molecular formula is C30H35FN6O4. The maximum Gasteiger partial charge on any atom is 0.263 e. The van der Waals surface area contributed by atoms with E-state index in [1.165, 1.54) is 6.20 Å². The first kappa shape index (κ1) is 26.5. The van der Waals surface area contributed by atoms with Crippen molar-refractivity contribution in [3.05, 3.63) is 47.5 Å². The summed E-state index contributed by atoms with van der Waals surface area (Å²) in [6.07, 6.45) is 7.48. The molecule has 4 fully saturated rings. The summed E-state index contributed by atoms with van der Waals surface area (Å²) in [4.78, 5) is 27.5. The molecule has 0 aromatic carbocycles. The van der Waals surface area contributed by atoms with Gasteiger partial charge >= 0.3 is 0 Å². The molecule has 41 heavy (non-hydrogen) atoms. The second kappa shape index (κ2) is 10.5. The highest BCUT2D eigenvalue weighted by molar-refractivity contribution is 5.94. The van der Waals surface area contributed by atoms with Crippen molar-refractivity contribution in [2.75, 3.05) is 36.5 Å². The van der Waals surface area contributed by atoms with Crippen LogP contribution in [-0.2, 0) is 22.5 Å². The number of amides is 1. The summed E-state index contributed by atoms with van der Waals surface area (Å²) in [6, 6.07) is 7.61. The van der Waals surface area contributed by atoms with E-state index < -0.39 is 0 Å². The molecule has 3 saturated heterocycles. The molecule has 0 spiro atoms. The largest absolute Gasteiger partial charge is 0.480 e. The predicted molar refractivity (Wildman–Crippen MR) is 150 cm³/mol. The number of rotatable bonds is 7. The smallest absolute Gasteiger partial charge is 0.263 e. The molecule has 1 aliphatic carbocycles. The molecule has 216 valence electrons. The summed E-state index contributed by atoms with van der Waals surface area (Å²) < 4.78 is 27.1. The molecule has 0 radical (unpaired) electrons. The summed E-state index contributed by atoms with van der Waals surface area (Å²) in [5.74, 6) is 1.34. The van der Waals surface area contributed by atoms with Gasteiger partial charge in [0.25, 0.3) is 5.91 Å². The van der Waals surface area contributed by atoms with Gasteiger partial charge < -0.3 is 30.1 Å². The third-order valence-corrected chi connectivity index (χ3v) is 9.32. The van der Waals surface area contributed by atoms with Crippen LogP contribution < -0.4 is 20.3 Å². The lowest BCUT2D eigenvalue weighted by Crippen LogP contribution is -2.61. The molecule has 3 aromatic rings. The molecular weight excluding hydrogens is 527 g/mol. The van der Waals surface area contributed by atoms with Crippen LogP contribution in [0.5, 0.6) is 5.75 Å². The Morgan fingerprint density at radius 2 is 1.95 bits per heavy atom. The van der Waals surface area contributed by atoms with Gasteiger partial charge in [-0.25, -0.2) is 14.4 Å². The fourth-order valence-electron chi connectivity index (χ4n) is 6.64. The van der Waals surface area contributed by atoms with Crippen molar-refractivity contribution in [2.45, 2.75) is 75.2 Å². The number of ether oxygens (including phenoxy) is 2. The first-order valence-corrected chi connectivity index (χ1v) is 14.6. The molecule has 8 rings (SSSR count). The molecule has 10 nitrogen and oxygen atoms in total. The Balaban J connectivity index is 1.00. The van der Waals surface area contributed by atoms with E-state index in [4.69, 9.17) is 14.5 Å². The van der Waals surface area contributed by atoms with Gasteiger partial charge in [0.1, 0.15) is 11.6 Å². The van der Waals surface area contributed by atoms with E-state index in [0.717, 1.165) is 56.7 Å². The minimum atomic E-state index is -0.325. The van der Waals surface area contributed by atoms with Crippen LogP contribution in [0.1, 0.15) is 56.2 Å². The number of pyridine rings is 3. The SMILES string of the molecule is O=C1COc2ccc(CNC34CCC(CCc5c(F)cnc6ccc(N7CCC(O)CC7)nc56)(CC3)OC4)nc2N1. The summed E-state index contributed by atoms with van der Waals surface area (Å²) >= 11 is 0. The highest BCUT2D eigenvalue weighted by Crippen LogP contribution is 2.46. The molecule has 4 aliphatic heterocycles. The van der Waals surface area contributed by atoms with E-state index in [-0.39, 0.29) is 35.6 Å². The van der Waals surface area contributed by atoms with E-state index in [0.29, 0.717) is 60.6 Å². The molecule has 2 bridgehead atoms. The van der Waals surface area contributed by atoms with Crippen molar-refractivity contribution < 1.29 is 23.8 Å². The van der Waals surface area contributed by atoms with Crippen LogP contribution in [0.25, 0.3) is 11.0 Å². The first-order chi connectivity index (χ1) is 19.9. The third kappa shape index (κ3) is 5.22. The zero-order valence-electron chi connectivity index (χ0n) is 23.0. The Labute approximate surface area is 237 Å². The number of hydrogen-bond acceptors (Lipinski definition) is 9. The lowest BCUT2D eigenvalue weighted by atomic mass is 9.69. The maximum atomic E-state index is 15.2. The fourth-order valence-corrected chi connectivity index (χ4v) is 6.64. The Morgan fingerprint density at radius 3 is 2.73 bits per heavy atom. The van der Waals surface area contributed by atoms with Crippen molar-refractivity contribution >= 4 is 28.6 Å². The van der Waals surface area contributed by atoms with Gasteiger partial charge in [0, 0.05) is 30.7 Å². The van der Waals surface area contributed by atoms with Crippen LogP contribution in [0.2, 0.25) is 0 Å². The predicted octanol–water partition coefficient (Wildman–Crippen LogP) is 3.26. The van der Waals surface area contributed by atoms with Crippen LogP contribution in [0, 0.1) is 5.82 Å². The van der Waals surface area contributed by atoms with Crippen LogP contribution in [0.3, 0.4) is 0 Å². The number of nitrogens with one attached hydrogen (secondary N) is 2. The molecule has 0 unspecified atom stereocenters. The Kier molecular flexibility index (Phi) is 6.75. The molecule has 0 atom stereocenters. The molecule has 1 saturated carbocycles. The summed E-state index contributed by atoms with van der Waals surface area (Å²) in [6.45, 7) is 2.65. The minimum absolute atomic E-state index is 0.0143. The number of aromatic nitrogens is 3. The van der Waals surface area contributed by atoms with Gasteiger partial charge in [0.05, 0.1) is 41.2 Å². The average Bonchev–Trinajstić information content (AvgIpc) is 3.00. The van der Waals surface area contributed by atoms with Crippen molar-refractivity contribution in [3.8, 4) is 5.75 Å². The number of aliphatic hydroxyl groups is 1. The topological polar surface area (TPSA) is 122 Å². The van der Waals surface area contributed by atoms with Gasteiger partial charge in [0.2, 0.25) is 0 Å². The highest BCUT2D eigenvalue weighted by atomic mass is 19.1. The second-order valence-electron chi connectivity index (χ2n) is 11.9. The number of aliphatic hydroxyl groups excluding tert-OH is 1. The van der Waals surface area contributed by atoms with Crippen molar-refractivity contribution in [1.82, 2.24) is 20.3 Å². The number of anilines is 2. The van der Waals surface area contributed by atoms with Gasteiger partial charge in [-0.2, -0.15) is 0 Å². The van der Waals surface area contributed by atoms with Gasteiger partial charge in [-0.05, 0) is 75.6 Å². The van der Waals surface area contributed by atoms with Crippen molar-refractivity contribution in [3.63, 3.8) is 0 Å². The minimum Gasteiger partial charge on any atom is -0.480 e. The number of piperidine rings is 1. The molecule has 1 amide bonds. The Hall–Kier alpha value is -3.41. The number of carbonyl (C=O) groups excluding carboxylic acids is 1. The van der Waals surface area contributed by atoms with E-state index in [1.54, 1.807) is 0 Å². The standard InChI is InChI=1S/C30H35FN6O4/c31-22-16-32-23-2-4-25(37-13-6-20(38)7-14-37)35-27(23)21(22)5-8-30-11-9-29(10-12-30,18-41-30)33-15-19-1-3-24-28(34-19)36-26(39)17-40-24/h1-4,16,20,33,38H,5-15,17-18H2,(H,34,36,39). The van der Waals surface area contributed by atoms with Gasteiger partial charge in [-0.15, -0.1) is 0 Å². The number of halogens is 1.